The Hall–Kier alpha value is -2.49. The van der Waals surface area contributed by atoms with Crippen LogP contribution in [-0.4, -0.2) is 44.9 Å². The zero-order valence-corrected chi connectivity index (χ0v) is 9.96. The molecule has 0 aromatic carbocycles. The number of aryl methyl sites for hydroxylation is 1. The molecule has 1 aromatic heterocycles. The standard InChI is InChI=1S/C11H14N4O3/c1-3-6-14(8-10(16)17)11(18)12-9-5-7-15(4-2)13-9/h1,5,7H,4,6,8H2,2H3,(H,16,17)(H,12,13,18). The van der Waals surface area contributed by atoms with Crippen LogP contribution in [0.1, 0.15) is 6.92 Å². The number of carbonyl (C=O) groups excluding carboxylic acids is 1. The van der Waals surface area contributed by atoms with Gasteiger partial charge in [0, 0.05) is 18.8 Å². The van der Waals surface area contributed by atoms with E-state index in [-0.39, 0.29) is 6.54 Å². The lowest BCUT2D eigenvalue weighted by atomic mass is 10.5. The molecule has 0 bridgehead atoms. The SMILES string of the molecule is C#CCN(CC(=O)O)C(=O)Nc1ccn(CC)n1. The highest BCUT2D eigenvalue weighted by Crippen LogP contribution is 2.04. The highest BCUT2D eigenvalue weighted by atomic mass is 16.4. The topological polar surface area (TPSA) is 87.5 Å². The van der Waals surface area contributed by atoms with Gasteiger partial charge in [-0.2, -0.15) is 5.10 Å². The van der Waals surface area contributed by atoms with E-state index in [2.05, 4.69) is 16.3 Å². The molecule has 2 amide bonds. The van der Waals surface area contributed by atoms with E-state index in [4.69, 9.17) is 11.5 Å². The monoisotopic (exact) mass is 250 g/mol. The Morgan fingerprint density at radius 3 is 2.89 bits per heavy atom. The van der Waals surface area contributed by atoms with E-state index in [0.717, 1.165) is 4.90 Å². The van der Waals surface area contributed by atoms with Crippen LogP contribution in [-0.2, 0) is 11.3 Å². The first-order valence-corrected chi connectivity index (χ1v) is 5.31. The molecule has 7 heteroatoms. The minimum Gasteiger partial charge on any atom is -0.480 e. The number of aliphatic carboxylic acids is 1. The maximum atomic E-state index is 11.7. The average molecular weight is 250 g/mol. The number of hydrogen-bond donors (Lipinski definition) is 2. The summed E-state index contributed by atoms with van der Waals surface area (Å²) in [7, 11) is 0. The number of nitrogens with zero attached hydrogens (tertiary/aromatic N) is 3. The number of nitrogens with one attached hydrogen (secondary N) is 1. The van der Waals surface area contributed by atoms with E-state index in [1.807, 2.05) is 6.92 Å². The van der Waals surface area contributed by atoms with Crippen LogP contribution in [0.15, 0.2) is 12.3 Å². The number of anilines is 1. The third-order valence-electron chi connectivity index (χ3n) is 2.10. The Kier molecular flexibility index (Phi) is 4.75. The molecule has 0 unspecified atom stereocenters. The maximum absolute atomic E-state index is 11.7. The number of urea groups is 1. The normalized spacial score (nSPS) is 9.56. The van der Waals surface area contributed by atoms with Gasteiger partial charge in [0.2, 0.25) is 0 Å². The number of carbonyl (C=O) groups is 2. The first-order chi connectivity index (χ1) is 8.56. The molecule has 0 aliphatic rings. The van der Waals surface area contributed by atoms with Gasteiger partial charge < -0.3 is 10.0 Å². The van der Waals surface area contributed by atoms with Gasteiger partial charge in [0.1, 0.15) is 6.54 Å². The minimum atomic E-state index is -1.13. The molecule has 18 heavy (non-hydrogen) atoms. The largest absolute Gasteiger partial charge is 0.480 e. The zero-order chi connectivity index (χ0) is 13.5. The summed E-state index contributed by atoms with van der Waals surface area (Å²) in [4.78, 5) is 23.3. The summed E-state index contributed by atoms with van der Waals surface area (Å²) in [5, 5.41) is 15.2. The molecule has 0 atom stereocenters. The van der Waals surface area contributed by atoms with Crippen LogP contribution in [0, 0.1) is 12.3 Å². The molecular formula is C11H14N4O3. The van der Waals surface area contributed by atoms with Gasteiger partial charge in [0.05, 0.1) is 6.54 Å². The Morgan fingerprint density at radius 1 is 1.67 bits per heavy atom. The van der Waals surface area contributed by atoms with Crippen molar-refractivity contribution in [3.05, 3.63) is 12.3 Å². The number of aromatic nitrogens is 2. The molecule has 1 aromatic rings. The number of rotatable bonds is 5. The van der Waals surface area contributed by atoms with Crippen LogP contribution in [0.2, 0.25) is 0 Å². The molecule has 0 aliphatic heterocycles. The first kappa shape index (κ1) is 13.6. The van der Waals surface area contributed by atoms with Gasteiger partial charge >= 0.3 is 12.0 Å². The third-order valence-corrected chi connectivity index (χ3v) is 2.10. The Morgan fingerprint density at radius 2 is 2.39 bits per heavy atom. The fourth-order valence-electron chi connectivity index (χ4n) is 1.27. The molecule has 0 saturated carbocycles. The van der Waals surface area contributed by atoms with Crippen LogP contribution in [0.3, 0.4) is 0 Å². The van der Waals surface area contributed by atoms with Gasteiger partial charge in [-0.3, -0.25) is 14.8 Å². The molecule has 1 rings (SSSR count). The molecule has 0 radical (unpaired) electrons. The van der Waals surface area contributed by atoms with Crippen molar-refractivity contribution >= 4 is 17.8 Å². The van der Waals surface area contributed by atoms with Crippen molar-refractivity contribution in [3.63, 3.8) is 0 Å². The van der Waals surface area contributed by atoms with Gasteiger partial charge in [-0.1, -0.05) is 5.92 Å². The van der Waals surface area contributed by atoms with Crippen LogP contribution in [0.25, 0.3) is 0 Å². The first-order valence-electron chi connectivity index (χ1n) is 5.31. The van der Waals surface area contributed by atoms with E-state index in [1.54, 1.807) is 16.9 Å². The molecule has 0 spiro atoms. The number of carboxylic acid groups (broad SMARTS) is 1. The predicted octanol–water partition coefficient (Wildman–Crippen LogP) is 0.455. The Bertz CT molecular complexity index is 475. The second kappa shape index (κ2) is 6.30. The fraction of sp³-hybridized carbons (Fsp3) is 0.364. The molecule has 96 valence electrons. The summed E-state index contributed by atoms with van der Waals surface area (Å²) >= 11 is 0. The van der Waals surface area contributed by atoms with Crippen LogP contribution < -0.4 is 5.32 Å². The average Bonchev–Trinajstić information content (AvgIpc) is 2.75. The summed E-state index contributed by atoms with van der Waals surface area (Å²) < 4.78 is 1.64. The lowest BCUT2D eigenvalue weighted by molar-refractivity contribution is -0.137. The van der Waals surface area contributed by atoms with Crippen LogP contribution in [0.5, 0.6) is 0 Å². The minimum absolute atomic E-state index is 0.0768. The molecule has 0 aliphatic carbocycles. The van der Waals surface area contributed by atoms with Crippen molar-refractivity contribution in [1.82, 2.24) is 14.7 Å². The summed E-state index contributed by atoms with van der Waals surface area (Å²) in [6, 6.07) is 1.03. The van der Waals surface area contributed by atoms with Gasteiger partial charge in [0.15, 0.2) is 5.82 Å². The highest BCUT2D eigenvalue weighted by molar-refractivity contribution is 5.90. The van der Waals surface area contributed by atoms with Crippen molar-refractivity contribution in [1.29, 1.82) is 0 Å². The van der Waals surface area contributed by atoms with Gasteiger partial charge in [-0.15, -0.1) is 6.42 Å². The molecule has 1 heterocycles. The lowest BCUT2D eigenvalue weighted by Gasteiger charge is -2.17. The van der Waals surface area contributed by atoms with E-state index >= 15 is 0 Å². The number of terminal acetylenes is 1. The van der Waals surface area contributed by atoms with E-state index in [0.29, 0.717) is 12.4 Å². The second-order valence-electron chi connectivity index (χ2n) is 3.44. The van der Waals surface area contributed by atoms with Crippen molar-refractivity contribution < 1.29 is 14.7 Å². The molecular weight excluding hydrogens is 236 g/mol. The number of hydrogen-bond acceptors (Lipinski definition) is 3. The fourth-order valence-corrected chi connectivity index (χ4v) is 1.27. The summed E-state index contributed by atoms with van der Waals surface area (Å²) in [5.41, 5.74) is 0. The van der Waals surface area contributed by atoms with Crippen LogP contribution in [0.4, 0.5) is 10.6 Å². The highest BCUT2D eigenvalue weighted by Gasteiger charge is 2.16. The summed E-state index contributed by atoms with van der Waals surface area (Å²) in [6.45, 7) is 2.06. The van der Waals surface area contributed by atoms with Gasteiger partial charge in [-0.25, -0.2) is 4.79 Å². The molecule has 0 saturated heterocycles. The van der Waals surface area contributed by atoms with E-state index in [1.165, 1.54) is 0 Å². The predicted molar refractivity (Wildman–Crippen MR) is 65.0 cm³/mol. The maximum Gasteiger partial charge on any atom is 0.324 e. The van der Waals surface area contributed by atoms with Crippen molar-refractivity contribution in [3.8, 4) is 12.3 Å². The summed E-state index contributed by atoms with van der Waals surface area (Å²) in [5.74, 6) is 1.46. The third kappa shape index (κ3) is 3.83. The second-order valence-corrected chi connectivity index (χ2v) is 3.44. The van der Waals surface area contributed by atoms with Gasteiger partial charge in [0.25, 0.3) is 0 Å². The number of amides is 2. The van der Waals surface area contributed by atoms with Crippen molar-refractivity contribution in [2.75, 3.05) is 18.4 Å². The van der Waals surface area contributed by atoms with E-state index < -0.39 is 18.5 Å². The number of carboxylic acids is 1. The Balaban J connectivity index is 2.66. The Labute approximate surface area is 104 Å². The smallest absolute Gasteiger partial charge is 0.324 e. The molecule has 2 N–H and O–H groups in total. The van der Waals surface area contributed by atoms with Crippen molar-refractivity contribution in [2.24, 2.45) is 0 Å². The van der Waals surface area contributed by atoms with Crippen LogP contribution >= 0.6 is 0 Å². The van der Waals surface area contributed by atoms with Crippen molar-refractivity contribution in [2.45, 2.75) is 13.5 Å². The summed E-state index contributed by atoms with van der Waals surface area (Å²) in [6.07, 6.45) is 6.78. The zero-order valence-electron chi connectivity index (χ0n) is 9.96. The molecule has 0 fully saturated rings. The quantitative estimate of drug-likeness (QED) is 0.743. The molecule has 7 nitrogen and oxygen atoms in total. The van der Waals surface area contributed by atoms with Gasteiger partial charge in [-0.05, 0) is 6.92 Å². The lowest BCUT2D eigenvalue weighted by Crippen LogP contribution is -2.39. The van der Waals surface area contributed by atoms with E-state index in [9.17, 15) is 9.59 Å².